The fourth-order valence-corrected chi connectivity index (χ4v) is 2.90. The van der Waals surface area contributed by atoms with Crippen LogP contribution in [0, 0.1) is 0 Å². The van der Waals surface area contributed by atoms with Crippen LogP contribution in [0.2, 0.25) is 10.0 Å². The van der Waals surface area contributed by atoms with Crippen LogP contribution in [-0.2, 0) is 10.0 Å². The molecule has 0 saturated heterocycles. The van der Waals surface area contributed by atoms with E-state index in [2.05, 4.69) is 9.71 Å². The van der Waals surface area contributed by atoms with E-state index < -0.39 is 10.0 Å². The lowest BCUT2D eigenvalue weighted by molar-refractivity contribution is 0.601. The Labute approximate surface area is 115 Å². The van der Waals surface area contributed by atoms with Crippen LogP contribution < -0.4 is 4.72 Å². The zero-order valence-corrected chi connectivity index (χ0v) is 11.3. The van der Waals surface area contributed by atoms with Gasteiger partial charge in [0.05, 0.1) is 15.6 Å². The van der Waals surface area contributed by atoms with Crippen LogP contribution in [0.15, 0.2) is 47.6 Å². The zero-order valence-electron chi connectivity index (χ0n) is 8.97. The SMILES string of the molecule is O=S(=O)(Nc1ccncc1Cl)c1cccc(Cl)c1. The van der Waals surface area contributed by atoms with Crippen LogP contribution in [0.25, 0.3) is 0 Å². The van der Waals surface area contributed by atoms with Crippen LogP contribution >= 0.6 is 23.2 Å². The molecule has 0 radical (unpaired) electrons. The summed E-state index contributed by atoms with van der Waals surface area (Å²) in [6.07, 6.45) is 2.80. The Kier molecular flexibility index (Phi) is 3.75. The molecule has 0 spiro atoms. The third kappa shape index (κ3) is 2.93. The minimum absolute atomic E-state index is 0.0721. The standard InChI is InChI=1S/C11H8Cl2N2O2S/c12-8-2-1-3-9(6-8)18(16,17)15-11-4-5-14-7-10(11)13/h1-7H,(H,14,15). The van der Waals surface area contributed by atoms with Crippen LogP contribution in [-0.4, -0.2) is 13.4 Å². The maximum atomic E-state index is 12.1. The van der Waals surface area contributed by atoms with Gasteiger partial charge in [-0.3, -0.25) is 9.71 Å². The average molecular weight is 303 g/mol. The molecule has 2 aromatic rings. The topological polar surface area (TPSA) is 59.1 Å². The van der Waals surface area contributed by atoms with Crippen LogP contribution in [0.1, 0.15) is 0 Å². The second kappa shape index (κ2) is 5.14. The van der Waals surface area contributed by atoms with E-state index in [-0.39, 0.29) is 15.6 Å². The predicted octanol–water partition coefficient (Wildman–Crippen LogP) is 3.19. The second-order valence-corrected chi connectivity index (χ2v) is 5.94. The third-order valence-corrected chi connectivity index (χ3v) is 4.02. The Morgan fingerprint density at radius 2 is 1.94 bits per heavy atom. The summed E-state index contributed by atoms with van der Waals surface area (Å²) < 4.78 is 26.5. The largest absolute Gasteiger partial charge is 0.278 e. The highest BCUT2D eigenvalue weighted by Gasteiger charge is 2.15. The molecule has 0 atom stereocenters. The van der Waals surface area contributed by atoms with Gasteiger partial charge in [-0.25, -0.2) is 8.42 Å². The molecule has 94 valence electrons. The molecule has 4 nitrogen and oxygen atoms in total. The normalized spacial score (nSPS) is 11.2. The highest BCUT2D eigenvalue weighted by Crippen LogP contribution is 2.24. The highest BCUT2D eigenvalue weighted by atomic mass is 35.5. The molecule has 1 aromatic carbocycles. The van der Waals surface area contributed by atoms with Crippen molar-refractivity contribution in [3.05, 3.63) is 52.8 Å². The van der Waals surface area contributed by atoms with Crippen molar-refractivity contribution in [2.45, 2.75) is 4.90 Å². The summed E-state index contributed by atoms with van der Waals surface area (Å²) in [6, 6.07) is 7.44. The molecule has 0 bridgehead atoms. The Bertz CT molecular complexity index is 674. The average Bonchev–Trinajstić information content (AvgIpc) is 2.32. The number of rotatable bonds is 3. The van der Waals surface area contributed by atoms with Gasteiger partial charge in [-0.05, 0) is 24.3 Å². The van der Waals surface area contributed by atoms with Gasteiger partial charge in [-0.1, -0.05) is 29.3 Å². The minimum Gasteiger partial charge on any atom is -0.278 e. The molecule has 0 saturated carbocycles. The summed E-state index contributed by atoms with van der Waals surface area (Å²) in [5.74, 6) is 0. The zero-order chi connectivity index (χ0) is 13.2. The highest BCUT2D eigenvalue weighted by molar-refractivity contribution is 7.92. The van der Waals surface area contributed by atoms with Gasteiger partial charge in [-0.15, -0.1) is 0 Å². The third-order valence-electron chi connectivity index (χ3n) is 2.12. The molecule has 0 aliphatic heterocycles. The molecular formula is C11H8Cl2N2O2S. The maximum Gasteiger partial charge on any atom is 0.261 e. The van der Waals surface area contributed by atoms with E-state index in [0.29, 0.717) is 5.02 Å². The van der Waals surface area contributed by atoms with Crippen molar-refractivity contribution in [3.63, 3.8) is 0 Å². The smallest absolute Gasteiger partial charge is 0.261 e. The van der Waals surface area contributed by atoms with Gasteiger partial charge in [0, 0.05) is 17.4 Å². The Morgan fingerprint density at radius 3 is 2.61 bits per heavy atom. The summed E-state index contributed by atoms with van der Waals surface area (Å²) in [6.45, 7) is 0. The number of anilines is 1. The molecule has 0 unspecified atom stereocenters. The van der Waals surface area contributed by atoms with E-state index in [4.69, 9.17) is 23.2 Å². The lowest BCUT2D eigenvalue weighted by atomic mass is 10.4. The van der Waals surface area contributed by atoms with Crippen LogP contribution in [0.5, 0.6) is 0 Å². The Balaban J connectivity index is 2.37. The van der Waals surface area contributed by atoms with E-state index in [1.165, 1.54) is 30.6 Å². The van der Waals surface area contributed by atoms with E-state index in [0.717, 1.165) is 0 Å². The maximum absolute atomic E-state index is 12.1. The van der Waals surface area contributed by atoms with Crippen LogP contribution in [0.3, 0.4) is 0 Å². The van der Waals surface area contributed by atoms with E-state index in [9.17, 15) is 8.42 Å². The number of nitrogens with one attached hydrogen (secondary N) is 1. The molecule has 0 aliphatic carbocycles. The van der Waals surface area contributed by atoms with E-state index in [1.54, 1.807) is 12.1 Å². The van der Waals surface area contributed by atoms with Crippen LogP contribution in [0.4, 0.5) is 5.69 Å². The molecule has 1 aromatic heterocycles. The first-order valence-electron chi connectivity index (χ1n) is 4.87. The second-order valence-electron chi connectivity index (χ2n) is 3.42. The Morgan fingerprint density at radius 1 is 1.17 bits per heavy atom. The molecule has 0 fully saturated rings. The first-order chi connectivity index (χ1) is 8.49. The van der Waals surface area contributed by atoms with Gasteiger partial charge in [-0.2, -0.15) is 0 Å². The predicted molar refractivity (Wildman–Crippen MR) is 71.5 cm³/mol. The monoisotopic (exact) mass is 302 g/mol. The van der Waals surface area contributed by atoms with Crippen molar-refractivity contribution in [1.82, 2.24) is 4.98 Å². The number of halogens is 2. The van der Waals surface area contributed by atoms with Crippen molar-refractivity contribution in [2.24, 2.45) is 0 Å². The number of hydrogen-bond acceptors (Lipinski definition) is 3. The lowest BCUT2D eigenvalue weighted by Crippen LogP contribution is -2.13. The number of benzene rings is 1. The first kappa shape index (κ1) is 13.1. The fraction of sp³-hybridized carbons (Fsp3) is 0. The molecule has 2 rings (SSSR count). The van der Waals surface area contributed by atoms with Crippen molar-refractivity contribution >= 4 is 38.9 Å². The number of nitrogens with zero attached hydrogens (tertiary/aromatic N) is 1. The van der Waals surface area contributed by atoms with E-state index in [1.807, 2.05) is 0 Å². The quantitative estimate of drug-likeness (QED) is 0.947. The lowest BCUT2D eigenvalue weighted by Gasteiger charge is -2.09. The summed E-state index contributed by atoms with van der Waals surface area (Å²) in [4.78, 5) is 3.85. The number of pyridine rings is 1. The summed E-state index contributed by atoms with van der Waals surface area (Å²) in [5, 5.41) is 0.571. The van der Waals surface area contributed by atoms with Crippen molar-refractivity contribution < 1.29 is 8.42 Å². The van der Waals surface area contributed by atoms with Crippen molar-refractivity contribution in [1.29, 1.82) is 0 Å². The van der Waals surface area contributed by atoms with Gasteiger partial charge >= 0.3 is 0 Å². The van der Waals surface area contributed by atoms with Crippen molar-refractivity contribution in [3.8, 4) is 0 Å². The summed E-state index contributed by atoms with van der Waals surface area (Å²) in [7, 11) is -3.70. The molecular weight excluding hydrogens is 295 g/mol. The summed E-state index contributed by atoms with van der Waals surface area (Å²) >= 11 is 11.6. The molecule has 1 heterocycles. The molecule has 1 N–H and O–H groups in total. The molecule has 0 amide bonds. The summed E-state index contributed by atoms with van der Waals surface area (Å²) in [5.41, 5.74) is 0.270. The van der Waals surface area contributed by atoms with Gasteiger partial charge in [0.25, 0.3) is 10.0 Å². The van der Waals surface area contributed by atoms with Gasteiger partial charge in [0.2, 0.25) is 0 Å². The molecule has 18 heavy (non-hydrogen) atoms. The van der Waals surface area contributed by atoms with Gasteiger partial charge < -0.3 is 0 Å². The molecule has 7 heteroatoms. The van der Waals surface area contributed by atoms with Gasteiger partial charge in [0.1, 0.15) is 0 Å². The number of hydrogen-bond donors (Lipinski definition) is 1. The fourth-order valence-electron chi connectivity index (χ4n) is 1.30. The number of aromatic nitrogens is 1. The number of sulfonamides is 1. The van der Waals surface area contributed by atoms with E-state index >= 15 is 0 Å². The first-order valence-corrected chi connectivity index (χ1v) is 7.11. The van der Waals surface area contributed by atoms with Crippen molar-refractivity contribution in [2.75, 3.05) is 4.72 Å². The minimum atomic E-state index is -3.70. The molecule has 0 aliphatic rings. The Hall–Kier alpha value is -1.30. The van der Waals surface area contributed by atoms with Gasteiger partial charge in [0.15, 0.2) is 0 Å².